The van der Waals surface area contributed by atoms with Gasteiger partial charge in [-0.15, -0.1) is 0 Å². The predicted octanol–water partition coefficient (Wildman–Crippen LogP) is 4.27. The summed E-state index contributed by atoms with van der Waals surface area (Å²) in [6.45, 7) is 4.71. The Morgan fingerprint density at radius 3 is 2.76 bits per heavy atom. The lowest BCUT2D eigenvalue weighted by atomic mass is 9.78. The molecule has 17 heavy (non-hydrogen) atoms. The molecule has 0 saturated heterocycles. The Morgan fingerprint density at radius 2 is 2.06 bits per heavy atom. The van der Waals surface area contributed by atoms with Crippen LogP contribution in [-0.2, 0) is 0 Å². The van der Waals surface area contributed by atoms with Crippen molar-refractivity contribution < 1.29 is 0 Å². The maximum Gasteiger partial charge on any atom is 0.0488 e. The first-order valence-electron chi connectivity index (χ1n) is 6.39. The minimum Gasteiger partial charge on any atom is -0.399 e. The fourth-order valence-electron chi connectivity index (χ4n) is 2.63. The van der Waals surface area contributed by atoms with E-state index in [1.807, 2.05) is 12.1 Å². The SMILES string of the molecule is CC1CCCC(Nc2ccc(N)cc2Br)C1C. The van der Waals surface area contributed by atoms with E-state index in [0.717, 1.165) is 27.7 Å². The molecule has 0 aliphatic heterocycles. The summed E-state index contributed by atoms with van der Waals surface area (Å²) in [4.78, 5) is 0. The molecule has 2 rings (SSSR count). The van der Waals surface area contributed by atoms with Gasteiger partial charge in [0.15, 0.2) is 0 Å². The van der Waals surface area contributed by atoms with Crippen LogP contribution in [0.3, 0.4) is 0 Å². The Kier molecular flexibility index (Phi) is 3.97. The van der Waals surface area contributed by atoms with Crippen molar-refractivity contribution in [3.8, 4) is 0 Å². The van der Waals surface area contributed by atoms with Crippen molar-refractivity contribution >= 4 is 27.3 Å². The van der Waals surface area contributed by atoms with Crippen molar-refractivity contribution in [2.45, 2.75) is 39.2 Å². The molecule has 1 aliphatic carbocycles. The van der Waals surface area contributed by atoms with Gasteiger partial charge in [0.2, 0.25) is 0 Å². The zero-order valence-corrected chi connectivity index (χ0v) is 12.1. The van der Waals surface area contributed by atoms with E-state index in [-0.39, 0.29) is 0 Å². The molecule has 0 heterocycles. The van der Waals surface area contributed by atoms with E-state index in [4.69, 9.17) is 5.73 Å². The van der Waals surface area contributed by atoms with Gasteiger partial charge in [0.25, 0.3) is 0 Å². The zero-order valence-electron chi connectivity index (χ0n) is 10.5. The van der Waals surface area contributed by atoms with Crippen LogP contribution >= 0.6 is 15.9 Å². The summed E-state index contributed by atoms with van der Waals surface area (Å²) in [5.41, 5.74) is 7.71. The van der Waals surface area contributed by atoms with Crippen molar-refractivity contribution in [3.05, 3.63) is 22.7 Å². The molecule has 3 unspecified atom stereocenters. The van der Waals surface area contributed by atoms with Gasteiger partial charge in [0.05, 0.1) is 0 Å². The summed E-state index contributed by atoms with van der Waals surface area (Å²) < 4.78 is 1.06. The zero-order chi connectivity index (χ0) is 12.4. The Bertz CT molecular complexity index is 392. The number of anilines is 2. The molecule has 0 bridgehead atoms. The number of hydrogen-bond acceptors (Lipinski definition) is 2. The fraction of sp³-hybridized carbons (Fsp3) is 0.571. The van der Waals surface area contributed by atoms with Crippen LogP contribution in [-0.4, -0.2) is 6.04 Å². The second-order valence-corrected chi connectivity index (χ2v) is 6.11. The molecule has 1 saturated carbocycles. The molecule has 1 aliphatic rings. The quantitative estimate of drug-likeness (QED) is 0.800. The van der Waals surface area contributed by atoms with Crippen LogP contribution < -0.4 is 11.1 Å². The van der Waals surface area contributed by atoms with Gasteiger partial charge >= 0.3 is 0 Å². The molecular weight excluding hydrogens is 276 g/mol. The molecular formula is C14H21BrN2. The van der Waals surface area contributed by atoms with E-state index < -0.39 is 0 Å². The summed E-state index contributed by atoms with van der Waals surface area (Å²) in [6, 6.07) is 6.55. The predicted molar refractivity (Wildman–Crippen MR) is 78.1 cm³/mol. The first-order valence-corrected chi connectivity index (χ1v) is 7.19. The van der Waals surface area contributed by atoms with Gasteiger partial charge in [-0.05, 0) is 52.4 Å². The average molecular weight is 297 g/mol. The molecule has 1 aromatic rings. The van der Waals surface area contributed by atoms with Gasteiger partial charge < -0.3 is 11.1 Å². The molecule has 94 valence electrons. The molecule has 3 heteroatoms. The highest BCUT2D eigenvalue weighted by Crippen LogP contribution is 2.33. The first kappa shape index (κ1) is 12.7. The van der Waals surface area contributed by atoms with Gasteiger partial charge in [0, 0.05) is 21.9 Å². The number of benzene rings is 1. The third-order valence-corrected chi connectivity index (χ3v) is 4.70. The van der Waals surface area contributed by atoms with E-state index in [2.05, 4.69) is 41.2 Å². The number of nitrogen functional groups attached to an aromatic ring is 1. The number of nitrogens with one attached hydrogen (secondary N) is 1. The first-order chi connectivity index (χ1) is 8.08. The molecule has 3 N–H and O–H groups in total. The van der Waals surface area contributed by atoms with Crippen molar-refractivity contribution in [3.63, 3.8) is 0 Å². The van der Waals surface area contributed by atoms with E-state index in [1.54, 1.807) is 0 Å². The number of nitrogens with two attached hydrogens (primary N) is 1. The number of hydrogen-bond donors (Lipinski definition) is 2. The third kappa shape index (κ3) is 2.95. The van der Waals surface area contributed by atoms with Crippen LogP contribution in [0.5, 0.6) is 0 Å². The van der Waals surface area contributed by atoms with E-state index in [1.165, 1.54) is 19.3 Å². The third-order valence-electron chi connectivity index (χ3n) is 4.04. The number of halogens is 1. The average Bonchev–Trinajstić information content (AvgIpc) is 2.28. The van der Waals surface area contributed by atoms with Gasteiger partial charge in [-0.3, -0.25) is 0 Å². The van der Waals surface area contributed by atoms with Crippen molar-refractivity contribution in [2.24, 2.45) is 11.8 Å². The molecule has 0 amide bonds. The van der Waals surface area contributed by atoms with Crippen LogP contribution in [0.15, 0.2) is 22.7 Å². The highest BCUT2D eigenvalue weighted by Gasteiger charge is 2.27. The van der Waals surface area contributed by atoms with Crippen LogP contribution in [0.4, 0.5) is 11.4 Å². The highest BCUT2D eigenvalue weighted by atomic mass is 79.9. The monoisotopic (exact) mass is 296 g/mol. The molecule has 0 radical (unpaired) electrons. The Labute approximate surface area is 112 Å². The maximum absolute atomic E-state index is 5.75. The second-order valence-electron chi connectivity index (χ2n) is 5.26. The summed E-state index contributed by atoms with van der Waals surface area (Å²) in [5.74, 6) is 1.54. The Hall–Kier alpha value is -0.700. The lowest BCUT2D eigenvalue weighted by Gasteiger charge is -2.35. The lowest BCUT2D eigenvalue weighted by molar-refractivity contribution is 0.253. The highest BCUT2D eigenvalue weighted by molar-refractivity contribution is 9.10. The molecule has 2 nitrogen and oxygen atoms in total. The standard InChI is InChI=1S/C14H21BrN2/c1-9-4-3-5-13(10(9)2)17-14-7-6-11(16)8-12(14)15/h6-10,13,17H,3-5,16H2,1-2H3. The van der Waals surface area contributed by atoms with Crippen molar-refractivity contribution in [1.29, 1.82) is 0 Å². The summed E-state index contributed by atoms with van der Waals surface area (Å²) in [5, 5.41) is 3.65. The van der Waals surface area contributed by atoms with Crippen molar-refractivity contribution in [1.82, 2.24) is 0 Å². The summed E-state index contributed by atoms with van der Waals surface area (Å²) in [6.07, 6.45) is 3.96. The molecule has 0 spiro atoms. The topological polar surface area (TPSA) is 38.0 Å². The van der Waals surface area contributed by atoms with Gasteiger partial charge in [-0.25, -0.2) is 0 Å². The summed E-state index contributed by atoms with van der Waals surface area (Å²) in [7, 11) is 0. The molecule has 1 aromatic carbocycles. The van der Waals surface area contributed by atoms with Crippen LogP contribution in [0.25, 0.3) is 0 Å². The molecule has 0 aromatic heterocycles. The van der Waals surface area contributed by atoms with E-state index in [0.29, 0.717) is 6.04 Å². The number of rotatable bonds is 2. The molecule has 3 atom stereocenters. The summed E-state index contributed by atoms with van der Waals surface area (Å²) >= 11 is 3.57. The van der Waals surface area contributed by atoms with Gasteiger partial charge in [-0.2, -0.15) is 0 Å². The maximum atomic E-state index is 5.75. The Balaban J connectivity index is 2.09. The van der Waals surface area contributed by atoms with Crippen LogP contribution in [0, 0.1) is 11.8 Å². The van der Waals surface area contributed by atoms with Crippen molar-refractivity contribution in [2.75, 3.05) is 11.1 Å². The minimum absolute atomic E-state index is 0.582. The smallest absolute Gasteiger partial charge is 0.0488 e. The normalized spacial score (nSPS) is 29.0. The fourth-order valence-corrected chi connectivity index (χ4v) is 3.14. The van der Waals surface area contributed by atoms with Crippen LogP contribution in [0.1, 0.15) is 33.1 Å². The Morgan fingerprint density at radius 1 is 1.29 bits per heavy atom. The van der Waals surface area contributed by atoms with Crippen LogP contribution in [0.2, 0.25) is 0 Å². The molecule has 1 fully saturated rings. The van der Waals surface area contributed by atoms with Gasteiger partial charge in [0.1, 0.15) is 0 Å². The largest absolute Gasteiger partial charge is 0.399 e. The van der Waals surface area contributed by atoms with E-state index in [9.17, 15) is 0 Å². The van der Waals surface area contributed by atoms with Gasteiger partial charge in [-0.1, -0.05) is 26.7 Å². The van der Waals surface area contributed by atoms with E-state index >= 15 is 0 Å². The minimum atomic E-state index is 0.582. The second kappa shape index (κ2) is 5.30. The lowest BCUT2D eigenvalue weighted by Crippen LogP contribution is -2.35.